The molecule has 0 saturated carbocycles. The molecule has 0 saturated heterocycles. The predicted octanol–water partition coefficient (Wildman–Crippen LogP) is 2.05. The Balaban J connectivity index is 1.72. The molecule has 4 heteroatoms. The summed E-state index contributed by atoms with van der Waals surface area (Å²) in [6.07, 6.45) is 2.61. The number of pyridine rings is 1. The number of benzene rings is 1. The van der Waals surface area contributed by atoms with E-state index < -0.39 is 0 Å². The fraction of sp³-hybridized carbons (Fsp3) is 0.312. The molecule has 2 heterocycles. The highest BCUT2D eigenvalue weighted by molar-refractivity contribution is 5.40. The lowest BCUT2D eigenvalue weighted by molar-refractivity contribution is 0.0638. The van der Waals surface area contributed by atoms with E-state index in [1.807, 2.05) is 55.7 Å². The number of para-hydroxylation sites is 2. The van der Waals surface area contributed by atoms with Gasteiger partial charge in [0.1, 0.15) is 12.7 Å². The van der Waals surface area contributed by atoms with Crippen molar-refractivity contribution in [2.24, 2.45) is 0 Å². The SMILES string of the molecule is CNC(Cc1ccccn1)C1COc2ccccc2O1. The molecule has 1 aliphatic rings. The van der Waals surface area contributed by atoms with E-state index >= 15 is 0 Å². The Morgan fingerprint density at radius 1 is 1.20 bits per heavy atom. The van der Waals surface area contributed by atoms with Crippen molar-refractivity contribution in [2.75, 3.05) is 13.7 Å². The Bertz CT molecular complexity index is 559. The van der Waals surface area contributed by atoms with Gasteiger partial charge in [-0.3, -0.25) is 4.98 Å². The molecule has 104 valence electrons. The van der Waals surface area contributed by atoms with Crippen molar-refractivity contribution < 1.29 is 9.47 Å². The smallest absolute Gasteiger partial charge is 0.161 e. The van der Waals surface area contributed by atoms with E-state index in [1.165, 1.54) is 0 Å². The molecule has 4 nitrogen and oxygen atoms in total. The van der Waals surface area contributed by atoms with Crippen LogP contribution >= 0.6 is 0 Å². The monoisotopic (exact) mass is 270 g/mol. The van der Waals surface area contributed by atoms with E-state index in [2.05, 4.69) is 10.3 Å². The van der Waals surface area contributed by atoms with Gasteiger partial charge in [0.25, 0.3) is 0 Å². The van der Waals surface area contributed by atoms with Gasteiger partial charge in [-0.15, -0.1) is 0 Å². The number of hydrogen-bond donors (Lipinski definition) is 1. The molecule has 2 atom stereocenters. The van der Waals surface area contributed by atoms with Gasteiger partial charge in [-0.25, -0.2) is 0 Å². The first kappa shape index (κ1) is 12.9. The van der Waals surface area contributed by atoms with Crippen molar-refractivity contribution in [2.45, 2.75) is 18.6 Å². The van der Waals surface area contributed by atoms with Crippen LogP contribution in [0.15, 0.2) is 48.7 Å². The molecule has 1 aromatic heterocycles. The highest BCUT2D eigenvalue weighted by Gasteiger charge is 2.28. The lowest BCUT2D eigenvalue weighted by atomic mass is 10.0. The van der Waals surface area contributed by atoms with E-state index in [-0.39, 0.29) is 12.1 Å². The Morgan fingerprint density at radius 3 is 2.75 bits per heavy atom. The van der Waals surface area contributed by atoms with Crippen LogP contribution in [-0.2, 0) is 6.42 Å². The quantitative estimate of drug-likeness (QED) is 0.923. The summed E-state index contributed by atoms with van der Waals surface area (Å²) < 4.78 is 11.8. The molecule has 0 amide bonds. The molecule has 3 rings (SSSR count). The van der Waals surface area contributed by atoms with E-state index in [0.717, 1.165) is 23.6 Å². The summed E-state index contributed by atoms with van der Waals surface area (Å²) in [5.74, 6) is 1.63. The highest BCUT2D eigenvalue weighted by atomic mass is 16.6. The zero-order chi connectivity index (χ0) is 13.8. The van der Waals surface area contributed by atoms with Crippen LogP contribution in [0.4, 0.5) is 0 Å². The molecule has 0 fully saturated rings. The number of nitrogens with one attached hydrogen (secondary N) is 1. The van der Waals surface area contributed by atoms with Crippen LogP contribution in [0.25, 0.3) is 0 Å². The first-order valence-electron chi connectivity index (χ1n) is 6.82. The molecule has 0 bridgehead atoms. The molecule has 0 aliphatic carbocycles. The summed E-state index contributed by atoms with van der Waals surface area (Å²) in [5, 5.41) is 3.31. The van der Waals surface area contributed by atoms with E-state index in [9.17, 15) is 0 Å². The number of aromatic nitrogens is 1. The molecule has 1 N–H and O–H groups in total. The van der Waals surface area contributed by atoms with E-state index in [1.54, 1.807) is 0 Å². The van der Waals surface area contributed by atoms with Crippen LogP contribution in [0, 0.1) is 0 Å². The highest BCUT2D eigenvalue weighted by Crippen LogP contribution is 2.31. The van der Waals surface area contributed by atoms with Gasteiger partial charge in [0.2, 0.25) is 0 Å². The van der Waals surface area contributed by atoms with Gasteiger partial charge >= 0.3 is 0 Å². The fourth-order valence-corrected chi connectivity index (χ4v) is 2.40. The molecule has 0 radical (unpaired) electrons. The van der Waals surface area contributed by atoms with Gasteiger partial charge < -0.3 is 14.8 Å². The maximum absolute atomic E-state index is 6.04. The number of rotatable bonds is 4. The summed E-state index contributed by atoms with van der Waals surface area (Å²) in [5.41, 5.74) is 1.05. The minimum atomic E-state index is -0.0168. The summed E-state index contributed by atoms with van der Waals surface area (Å²) >= 11 is 0. The maximum Gasteiger partial charge on any atom is 0.161 e. The molecule has 1 aliphatic heterocycles. The third kappa shape index (κ3) is 2.75. The predicted molar refractivity (Wildman–Crippen MR) is 77.1 cm³/mol. The molecule has 1 aromatic carbocycles. The van der Waals surface area contributed by atoms with Gasteiger partial charge in [0, 0.05) is 18.3 Å². The second-order valence-corrected chi connectivity index (χ2v) is 4.83. The van der Waals surface area contributed by atoms with Gasteiger partial charge in [-0.2, -0.15) is 0 Å². The van der Waals surface area contributed by atoms with E-state index in [0.29, 0.717) is 6.61 Å². The van der Waals surface area contributed by atoms with Crippen molar-refractivity contribution in [1.82, 2.24) is 10.3 Å². The van der Waals surface area contributed by atoms with Crippen LogP contribution in [-0.4, -0.2) is 30.8 Å². The molecule has 20 heavy (non-hydrogen) atoms. The van der Waals surface area contributed by atoms with Crippen LogP contribution in [0.3, 0.4) is 0 Å². The number of hydrogen-bond acceptors (Lipinski definition) is 4. The average molecular weight is 270 g/mol. The Morgan fingerprint density at radius 2 is 2.00 bits per heavy atom. The second kappa shape index (κ2) is 5.92. The summed E-state index contributed by atoms with van der Waals surface area (Å²) in [4.78, 5) is 4.37. The van der Waals surface area contributed by atoms with Crippen LogP contribution in [0.5, 0.6) is 11.5 Å². The largest absolute Gasteiger partial charge is 0.486 e. The minimum Gasteiger partial charge on any atom is -0.486 e. The minimum absolute atomic E-state index is 0.0168. The number of fused-ring (bicyclic) bond motifs is 1. The molecule has 2 unspecified atom stereocenters. The summed E-state index contributed by atoms with van der Waals surface area (Å²) in [6, 6.07) is 13.9. The molecule has 0 spiro atoms. The first-order valence-corrected chi connectivity index (χ1v) is 6.82. The molecule has 2 aromatic rings. The molecular formula is C16H18N2O2. The summed E-state index contributed by atoms with van der Waals surface area (Å²) in [7, 11) is 1.94. The van der Waals surface area contributed by atoms with Crippen LogP contribution in [0.2, 0.25) is 0 Å². The second-order valence-electron chi connectivity index (χ2n) is 4.83. The average Bonchev–Trinajstić information content (AvgIpc) is 2.53. The van der Waals surface area contributed by atoms with Crippen molar-refractivity contribution >= 4 is 0 Å². The number of likely N-dealkylation sites (N-methyl/N-ethyl adjacent to an activating group) is 1. The van der Waals surface area contributed by atoms with Crippen molar-refractivity contribution in [3.05, 3.63) is 54.4 Å². The number of nitrogens with zero attached hydrogens (tertiary/aromatic N) is 1. The lowest BCUT2D eigenvalue weighted by Gasteiger charge is -2.32. The number of ether oxygens (including phenoxy) is 2. The fourth-order valence-electron chi connectivity index (χ4n) is 2.40. The lowest BCUT2D eigenvalue weighted by Crippen LogP contribution is -2.47. The Labute approximate surface area is 118 Å². The van der Waals surface area contributed by atoms with Crippen molar-refractivity contribution in [3.63, 3.8) is 0 Å². The third-order valence-electron chi connectivity index (χ3n) is 3.51. The Kier molecular flexibility index (Phi) is 3.83. The standard InChI is InChI=1S/C16H18N2O2/c1-17-13(10-12-6-4-5-9-18-12)16-11-19-14-7-2-3-8-15(14)20-16/h2-9,13,16-17H,10-11H2,1H3. The van der Waals surface area contributed by atoms with Gasteiger partial charge in [-0.1, -0.05) is 18.2 Å². The third-order valence-corrected chi connectivity index (χ3v) is 3.51. The zero-order valence-corrected chi connectivity index (χ0v) is 11.5. The zero-order valence-electron chi connectivity index (χ0n) is 11.5. The Hall–Kier alpha value is -2.07. The van der Waals surface area contributed by atoms with Crippen molar-refractivity contribution in [3.8, 4) is 11.5 Å². The first-order chi connectivity index (χ1) is 9.86. The van der Waals surface area contributed by atoms with Gasteiger partial charge in [0.05, 0.1) is 6.04 Å². The normalized spacial score (nSPS) is 18.6. The van der Waals surface area contributed by atoms with Crippen LogP contribution < -0.4 is 14.8 Å². The van der Waals surface area contributed by atoms with E-state index in [4.69, 9.17) is 9.47 Å². The van der Waals surface area contributed by atoms with Crippen molar-refractivity contribution in [1.29, 1.82) is 0 Å². The maximum atomic E-state index is 6.04. The molecular weight excluding hydrogens is 252 g/mol. The summed E-state index contributed by atoms with van der Waals surface area (Å²) in [6.45, 7) is 0.551. The topological polar surface area (TPSA) is 43.4 Å². The van der Waals surface area contributed by atoms with Gasteiger partial charge in [0.15, 0.2) is 11.5 Å². The van der Waals surface area contributed by atoms with Crippen LogP contribution in [0.1, 0.15) is 5.69 Å². The van der Waals surface area contributed by atoms with Gasteiger partial charge in [-0.05, 0) is 31.3 Å².